The summed E-state index contributed by atoms with van der Waals surface area (Å²) in [5.41, 5.74) is 0. The number of ether oxygens (including phenoxy) is 2. The van der Waals surface area contributed by atoms with Gasteiger partial charge in [0, 0.05) is 13.6 Å². The number of amides is 2. The third kappa shape index (κ3) is 3.29. The molecule has 7 heteroatoms. The highest BCUT2D eigenvalue weighted by Crippen LogP contribution is 2.23. The molecule has 2 saturated heterocycles. The average molecular weight is 300 g/mol. The van der Waals surface area contributed by atoms with Gasteiger partial charge in [-0.15, -0.1) is 0 Å². The second kappa shape index (κ2) is 6.62. The van der Waals surface area contributed by atoms with E-state index in [9.17, 15) is 14.7 Å². The zero-order valence-corrected chi connectivity index (χ0v) is 12.8. The van der Waals surface area contributed by atoms with Crippen LogP contribution < -0.4 is 0 Å². The third-order valence-electron chi connectivity index (χ3n) is 4.35. The molecule has 1 N–H and O–H groups in total. The van der Waals surface area contributed by atoms with Crippen LogP contribution in [0.2, 0.25) is 0 Å². The number of carboxylic acids is 1. The van der Waals surface area contributed by atoms with Gasteiger partial charge in [0.15, 0.2) is 0 Å². The number of hydrogen-bond acceptors (Lipinski definition) is 4. The van der Waals surface area contributed by atoms with Gasteiger partial charge in [-0.2, -0.15) is 0 Å². The quantitative estimate of drug-likeness (QED) is 0.827. The zero-order chi connectivity index (χ0) is 15.6. The smallest absolute Gasteiger partial charge is 0.320 e. The molecular weight excluding hydrogens is 276 g/mol. The molecule has 0 aliphatic carbocycles. The highest BCUT2D eigenvalue weighted by atomic mass is 16.5. The molecule has 120 valence electrons. The Morgan fingerprint density at radius 2 is 2.05 bits per heavy atom. The fourth-order valence-electron chi connectivity index (χ4n) is 2.92. The molecule has 0 radical (unpaired) electrons. The minimum atomic E-state index is -0.917. The van der Waals surface area contributed by atoms with Crippen molar-refractivity contribution in [2.75, 3.05) is 33.4 Å². The lowest BCUT2D eigenvalue weighted by molar-refractivity contribution is -0.142. The number of nitrogens with zero attached hydrogens (tertiary/aromatic N) is 2. The summed E-state index contributed by atoms with van der Waals surface area (Å²) in [5.74, 6) is -1.57. The zero-order valence-electron chi connectivity index (χ0n) is 12.8. The lowest BCUT2D eigenvalue weighted by Crippen LogP contribution is -2.57. The van der Waals surface area contributed by atoms with Crippen molar-refractivity contribution >= 4 is 12.0 Å². The van der Waals surface area contributed by atoms with Gasteiger partial charge in [-0.3, -0.25) is 4.79 Å². The molecular formula is C14H24N2O5. The van der Waals surface area contributed by atoms with E-state index in [4.69, 9.17) is 9.47 Å². The van der Waals surface area contributed by atoms with E-state index in [0.29, 0.717) is 13.2 Å². The van der Waals surface area contributed by atoms with Gasteiger partial charge in [0.05, 0.1) is 38.0 Å². The van der Waals surface area contributed by atoms with Crippen molar-refractivity contribution in [3.8, 4) is 0 Å². The predicted molar refractivity (Wildman–Crippen MR) is 75.1 cm³/mol. The summed E-state index contributed by atoms with van der Waals surface area (Å²) in [6.45, 7) is 5.45. The molecule has 4 unspecified atom stereocenters. The summed E-state index contributed by atoms with van der Waals surface area (Å²) in [6.07, 6.45) is 0.816. The van der Waals surface area contributed by atoms with E-state index < -0.39 is 17.9 Å². The summed E-state index contributed by atoms with van der Waals surface area (Å²) in [4.78, 5) is 27.3. The average Bonchev–Trinajstić information content (AvgIpc) is 2.95. The Kier molecular flexibility index (Phi) is 5.05. The number of carboxylic acid groups (broad SMARTS) is 1. The molecule has 2 aliphatic rings. The Hall–Kier alpha value is -1.34. The van der Waals surface area contributed by atoms with Crippen LogP contribution in [-0.4, -0.2) is 78.5 Å². The third-order valence-corrected chi connectivity index (χ3v) is 4.35. The fraction of sp³-hybridized carbons (Fsp3) is 0.857. The number of urea groups is 1. The van der Waals surface area contributed by atoms with E-state index in [0.717, 1.165) is 6.42 Å². The number of hydrogen-bond donors (Lipinski definition) is 1. The number of carbonyl (C=O) groups excluding carboxylic acids is 1. The van der Waals surface area contributed by atoms with Crippen LogP contribution in [0.1, 0.15) is 20.3 Å². The normalized spacial score (nSPS) is 33.0. The first kappa shape index (κ1) is 16.0. The van der Waals surface area contributed by atoms with Crippen LogP contribution in [0.5, 0.6) is 0 Å². The molecule has 0 saturated carbocycles. The van der Waals surface area contributed by atoms with Crippen LogP contribution >= 0.6 is 0 Å². The Balaban J connectivity index is 2.08. The summed E-state index contributed by atoms with van der Waals surface area (Å²) in [7, 11) is 1.66. The maximum atomic E-state index is 12.7. The number of carbonyl (C=O) groups is 2. The van der Waals surface area contributed by atoms with Gasteiger partial charge in [0.1, 0.15) is 5.92 Å². The van der Waals surface area contributed by atoms with Gasteiger partial charge in [-0.1, -0.05) is 6.92 Å². The van der Waals surface area contributed by atoms with E-state index in [1.807, 2.05) is 13.8 Å². The van der Waals surface area contributed by atoms with Gasteiger partial charge in [-0.25, -0.2) is 4.79 Å². The Morgan fingerprint density at radius 1 is 1.33 bits per heavy atom. The van der Waals surface area contributed by atoms with Crippen molar-refractivity contribution in [1.29, 1.82) is 0 Å². The van der Waals surface area contributed by atoms with Crippen LogP contribution in [-0.2, 0) is 14.3 Å². The molecule has 0 aromatic rings. The van der Waals surface area contributed by atoms with Gasteiger partial charge in [-0.05, 0) is 13.3 Å². The molecule has 2 amide bonds. The Morgan fingerprint density at radius 3 is 2.67 bits per heavy atom. The SMILES string of the molecule is CCC1COC(C)CN1C(=O)N(C)C1COCC1C(=O)O. The minimum Gasteiger partial charge on any atom is -0.481 e. The van der Waals surface area contributed by atoms with Crippen molar-refractivity contribution in [1.82, 2.24) is 9.80 Å². The monoisotopic (exact) mass is 300 g/mol. The summed E-state index contributed by atoms with van der Waals surface area (Å²) < 4.78 is 10.8. The first-order chi connectivity index (χ1) is 9.95. The molecule has 21 heavy (non-hydrogen) atoms. The van der Waals surface area contributed by atoms with Crippen molar-refractivity contribution < 1.29 is 24.2 Å². The molecule has 2 heterocycles. The van der Waals surface area contributed by atoms with E-state index in [-0.39, 0.29) is 31.4 Å². The van der Waals surface area contributed by atoms with Gasteiger partial charge in [0.25, 0.3) is 0 Å². The number of rotatable bonds is 3. The second-order valence-electron chi connectivity index (χ2n) is 5.80. The van der Waals surface area contributed by atoms with E-state index in [1.165, 1.54) is 4.90 Å². The van der Waals surface area contributed by atoms with Crippen LogP contribution in [0.25, 0.3) is 0 Å². The first-order valence-electron chi connectivity index (χ1n) is 7.41. The molecule has 0 spiro atoms. The summed E-state index contributed by atoms with van der Waals surface area (Å²) in [5, 5.41) is 9.21. The number of likely N-dealkylation sites (N-methyl/N-ethyl adjacent to an activating group) is 1. The van der Waals surface area contributed by atoms with Gasteiger partial charge < -0.3 is 24.4 Å². The lowest BCUT2D eigenvalue weighted by Gasteiger charge is -2.41. The summed E-state index contributed by atoms with van der Waals surface area (Å²) >= 11 is 0. The maximum Gasteiger partial charge on any atom is 0.320 e. The predicted octanol–water partition coefficient (Wildman–Crippen LogP) is 0.637. The van der Waals surface area contributed by atoms with E-state index in [1.54, 1.807) is 11.9 Å². The van der Waals surface area contributed by atoms with Crippen molar-refractivity contribution in [2.45, 2.75) is 38.5 Å². The second-order valence-corrected chi connectivity index (χ2v) is 5.80. The van der Waals surface area contributed by atoms with Crippen LogP contribution in [0.15, 0.2) is 0 Å². The van der Waals surface area contributed by atoms with Crippen LogP contribution in [0.3, 0.4) is 0 Å². The molecule has 2 aliphatic heterocycles. The minimum absolute atomic E-state index is 0.000230. The Labute approximate surface area is 124 Å². The molecule has 7 nitrogen and oxygen atoms in total. The molecule has 0 aromatic heterocycles. The topological polar surface area (TPSA) is 79.3 Å². The molecule has 0 aromatic carbocycles. The number of aliphatic carboxylic acids is 1. The molecule has 0 bridgehead atoms. The van der Waals surface area contributed by atoms with Gasteiger partial charge >= 0.3 is 12.0 Å². The van der Waals surface area contributed by atoms with E-state index in [2.05, 4.69) is 0 Å². The standard InChI is InChI=1S/C14H24N2O5/c1-4-10-6-21-9(2)5-16(10)14(19)15(3)12-8-20-7-11(12)13(17)18/h9-12H,4-8H2,1-3H3,(H,17,18). The molecule has 4 atom stereocenters. The highest BCUT2D eigenvalue weighted by Gasteiger charge is 2.41. The summed E-state index contributed by atoms with van der Waals surface area (Å²) in [6, 6.07) is -0.508. The first-order valence-corrected chi connectivity index (χ1v) is 7.41. The highest BCUT2D eigenvalue weighted by molar-refractivity contribution is 5.77. The fourth-order valence-corrected chi connectivity index (χ4v) is 2.92. The largest absolute Gasteiger partial charge is 0.481 e. The van der Waals surface area contributed by atoms with Crippen molar-refractivity contribution in [2.24, 2.45) is 5.92 Å². The lowest BCUT2D eigenvalue weighted by atomic mass is 10.0. The van der Waals surface area contributed by atoms with Crippen molar-refractivity contribution in [3.05, 3.63) is 0 Å². The van der Waals surface area contributed by atoms with Crippen LogP contribution in [0, 0.1) is 5.92 Å². The van der Waals surface area contributed by atoms with Crippen molar-refractivity contribution in [3.63, 3.8) is 0 Å². The van der Waals surface area contributed by atoms with Gasteiger partial charge in [0.2, 0.25) is 0 Å². The molecule has 2 rings (SSSR count). The molecule has 2 fully saturated rings. The number of morpholine rings is 1. The van der Waals surface area contributed by atoms with E-state index >= 15 is 0 Å². The maximum absolute atomic E-state index is 12.7. The van der Waals surface area contributed by atoms with Crippen LogP contribution in [0.4, 0.5) is 4.79 Å². The Bertz CT molecular complexity index is 403.